The Kier molecular flexibility index (Phi) is 10.2. The first-order valence-electron chi connectivity index (χ1n) is 16.1. The highest BCUT2D eigenvalue weighted by Gasteiger charge is 2.54. The number of amides is 3. The highest BCUT2D eigenvalue weighted by Crippen LogP contribution is 2.43. The second-order valence-corrected chi connectivity index (χ2v) is 13.5. The summed E-state index contributed by atoms with van der Waals surface area (Å²) in [5.74, 6) is 0.181. The first-order chi connectivity index (χ1) is 21.9. The number of aryl methyl sites for hydroxylation is 1. The normalized spacial score (nSPS) is 20.1. The standard InChI is InChI=1S/C34H45ClN6O5/c1-5-23-18-27(39(4)33(2,3)22-42)6-8-29(23)46-17-16-40-12-14-41(15-13-40)34(10-11-34)32(45)37-26-20-24(35)19-25(21-26)36-28-7-9-30(43)38-31(28)44/h6,8,18-22,28,36H,5,7,9-17H2,1-4H3,(H,37,45)(H,38,43,44). The lowest BCUT2D eigenvalue weighted by molar-refractivity contribution is -0.133. The van der Waals surface area contributed by atoms with E-state index in [1.165, 1.54) is 0 Å². The van der Waals surface area contributed by atoms with Crippen LogP contribution >= 0.6 is 11.6 Å². The fraction of sp³-hybridized carbons (Fsp3) is 0.529. The number of nitrogens with zero attached hydrogens (tertiary/aromatic N) is 3. The highest BCUT2D eigenvalue weighted by molar-refractivity contribution is 6.31. The van der Waals surface area contributed by atoms with E-state index in [0.29, 0.717) is 29.4 Å². The first kappa shape index (κ1) is 33.7. The zero-order valence-electron chi connectivity index (χ0n) is 27.2. The zero-order valence-corrected chi connectivity index (χ0v) is 27.9. The minimum atomic E-state index is -0.592. The molecule has 3 amide bonds. The van der Waals surface area contributed by atoms with Crippen molar-refractivity contribution in [1.82, 2.24) is 15.1 Å². The van der Waals surface area contributed by atoms with Gasteiger partial charge in [-0.1, -0.05) is 18.5 Å². The maximum Gasteiger partial charge on any atom is 0.249 e. The number of benzene rings is 2. The number of anilines is 3. The Morgan fingerprint density at radius 3 is 2.50 bits per heavy atom. The lowest BCUT2D eigenvalue weighted by Gasteiger charge is -2.39. The Labute approximate surface area is 275 Å². The molecule has 248 valence electrons. The molecule has 0 bridgehead atoms. The molecule has 12 heteroatoms. The molecule has 2 saturated heterocycles. The van der Waals surface area contributed by atoms with Crippen LogP contribution in [0.15, 0.2) is 36.4 Å². The van der Waals surface area contributed by atoms with E-state index < -0.39 is 17.1 Å². The van der Waals surface area contributed by atoms with Crippen LogP contribution in [0, 0.1) is 0 Å². The van der Waals surface area contributed by atoms with Gasteiger partial charge >= 0.3 is 0 Å². The van der Waals surface area contributed by atoms with E-state index in [4.69, 9.17) is 16.3 Å². The Balaban J connectivity index is 1.10. The first-order valence-corrected chi connectivity index (χ1v) is 16.5. The largest absolute Gasteiger partial charge is 0.492 e. The van der Waals surface area contributed by atoms with Crippen molar-refractivity contribution in [2.24, 2.45) is 0 Å². The predicted molar refractivity (Wildman–Crippen MR) is 180 cm³/mol. The molecule has 2 heterocycles. The predicted octanol–water partition coefficient (Wildman–Crippen LogP) is 3.70. The van der Waals surface area contributed by atoms with Gasteiger partial charge in [-0.05, 0) is 81.5 Å². The third-order valence-corrected chi connectivity index (χ3v) is 9.71. The molecule has 0 spiro atoms. The van der Waals surface area contributed by atoms with Gasteiger partial charge in [0, 0.05) is 68.3 Å². The van der Waals surface area contributed by atoms with Gasteiger partial charge < -0.3 is 25.1 Å². The molecule has 1 unspecified atom stereocenters. The van der Waals surface area contributed by atoms with Gasteiger partial charge in [0.05, 0.1) is 5.54 Å². The number of piperazine rings is 1. The average molecular weight is 653 g/mol. The van der Waals surface area contributed by atoms with Crippen molar-refractivity contribution in [2.45, 2.75) is 70.0 Å². The second-order valence-electron chi connectivity index (χ2n) is 13.0. The van der Waals surface area contributed by atoms with E-state index in [0.717, 1.165) is 75.3 Å². The van der Waals surface area contributed by atoms with Crippen LogP contribution in [0.2, 0.25) is 5.02 Å². The van der Waals surface area contributed by atoms with Crippen molar-refractivity contribution in [3.63, 3.8) is 0 Å². The SMILES string of the molecule is CCc1cc(N(C)C(C)(C)C=O)ccc1OCCN1CCN(C2(C(=O)Nc3cc(Cl)cc(NC4CCC(=O)NC4=O)c3)CC2)CC1. The van der Waals surface area contributed by atoms with E-state index in [-0.39, 0.29) is 24.1 Å². The molecule has 1 atom stereocenters. The second kappa shape index (κ2) is 14.0. The van der Waals surface area contributed by atoms with Crippen LogP contribution in [-0.2, 0) is 25.6 Å². The minimum absolute atomic E-state index is 0.0452. The number of carbonyl (C=O) groups excluding carboxylic acids is 4. The third-order valence-electron chi connectivity index (χ3n) is 9.49. The van der Waals surface area contributed by atoms with Crippen molar-refractivity contribution in [1.29, 1.82) is 0 Å². The van der Waals surface area contributed by atoms with E-state index in [1.54, 1.807) is 18.2 Å². The van der Waals surface area contributed by atoms with Gasteiger partial charge in [0.15, 0.2) is 0 Å². The highest BCUT2D eigenvalue weighted by atomic mass is 35.5. The Morgan fingerprint density at radius 1 is 1.13 bits per heavy atom. The van der Waals surface area contributed by atoms with Crippen molar-refractivity contribution in [2.75, 3.05) is 61.9 Å². The summed E-state index contributed by atoms with van der Waals surface area (Å²) in [4.78, 5) is 55.4. The van der Waals surface area contributed by atoms with E-state index in [2.05, 4.69) is 38.7 Å². The molecule has 2 aromatic carbocycles. The van der Waals surface area contributed by atoms with Crippen molar-refractivity contribution in [3.8, 4) is 5.75 Å². The molecule has 0 radical (unpaired) electrons. The van der Waals surface area contributed by atoms with Crippen molar-refractivity contribution in [3.05, 3.63) is 47.0 Å². The number of ether oxygens (including phenoxy) is 1. The molecule has 1 saturated carbocycles. The van der Waals surface area contributed by atoms with E-state index >= 15 is 0 Å². The number of rotatable bonds is 13. The summed E-state index contributed by atoms with van der Waals surface area (Å²) in [6.45, 7) is 10.5. The molecule has 3 aliphatic rings. The molecular weight excluding hydrogens is 608 g/mol. The van der Waals surface area contributed by atoms with Crippen molar-refractivity contribution < 1.29 is 23.9 Å². The maximum atomic E-state index is 13.5. The molecule has 5 rings (SSSR count). The van der Waals surface area contributed by atoms with Crippen LogP contribution in [0.25, 0.3) is 0 Å². The number of carbonyl (C=O) groups is 4. The van der Waals surface area contributed by atoms with Crippen LogP contribution in [0.3, 0.4) is 0 Å². The van der Waals surface area contributed by atoms with Gasteiger partial charge in [-0.25, -0.2) is 0 Å². The van der Waals surface area contributed by atoms with Gasteiger partial charge in [-0.2, -0.15) is 0 Å². The molecular formula is C34H45ClN6O5. The van der Waals surface area contributed by atoms with Crippen LogP contribution in [-0.4, -0.2) is 97.3 Å². The Hall–Kier alpha value is -3.67. The molecule has 3 fully saturated rings. The molecule has 2 aromatic rings. The fourth-order valence-electron chi connectivity index (χ4n) is 6.12. The number of likely N-dealkylation sites (N-methyl/N-ethyl adjacent to an activating group) is 1. The Morgan fingerprint density at radius 2 is 1.85 bits per heavy atom. The van der Waals surface area contributed by atoms with E-state index in [1.807, 2.05) is 37.9 Å². The summed E-state index contributed by atoms with van der Waals surface area (Å²) in [6.07, 6.45) is 4.06. The van der Waals surface area contributed by atoms with Crippen LogP contribution < -0.4 is 25.6 Å². The van der Waals surface area contributed by atoms with Gasteiger partial charge in [0.1, 0.15) is 30.2 Å². The topological polar surface area (TPSA) is 123 Å². The third kappa shape index (κ3) is 7.65. The molecule has 3 N–H and O–H groups in total. The van der Waals surface area contributed by atoms with Crippen LogP contribution in [0.1, 0.15) is 52.0 Å². The number of hydrogen-bond donors (Lipinski definition) is 3. The summed E-state index contributed by atoms with van der Waals surface area (Å²) in [5.41, 5.74) is 2.14. The van der Waals surface area contributed by atoms with Crippen molar-refractivity contribution >= 4 is 52.7 Å². The molecule has 0 aromatic heterocycles. The molecule has 1 aliphatic carbocycles. The summed E-state index contributed by atoms with van der Waals surface area (Å²) < 4.78 is 6.21. The summed E-state index contributed by atoms with van der Waals surface area (Å²) >= 11 is 6.36. The number of hydrogen-bond acceptors (Lipinski definition) is 9. The van der Waals surface area contributed by atoms with Crippen LogP contribution in [0.5, 0.6) is 5.75 Å². The summed E-state index contributed by atoms with van der Waals surface area (Å²) in [6, 6.07) is 10.7. The number of piperidine rings is 1. The number of nitrogens with one attached hydrogen (secondary N) is 3. The van der Waals surface area contributed by atoms with Gasteiger partial charge in [-0.15, -0.1) is 0 Å². The maximum absolute atomic E-state index is 13.5. The summed E-state index contributed by atoms with van der Waals surface area (Å²) in [5, 5.41) is 8.98. The molecule has 46 heavy (non-hydrogen) atoms. The quantitative estimate of drug-likeness (QED) is 0.220. The van der Waals surface area contributed by atoms with Gasteiger partial charge in [-0.3, -0.25) is 29.5 Å². The van der Waals surface area contributed by atoms with E-state index in [9.17, 15) is 19.2 Å². The minimum Gasteiger partial charge on any atom is -0.492 e. The summed E-state index contributed by atoms with van der Waals surface area (Å²) in [7, 11) is 1.93. The monoisotopic (exact) mass is 652 g/mol. The Bertz CT molecular complexity index is 1470. The molecule has 2 aliphatic heterocycles. The van der Waals surface area contributed by atoms with Crippen LogP contribution in [0.4, 0.5) is 17.1 Å². The number of halogens is 1. The molecule has 11 nitrogen and oxygen atoms in total. The number of imide groups is 1. The average Bonchev–Trinajstić information content (AvgIpc) is 3.85. The van der Waals surface area contributed by atoms with Gasteiger partial charge in [0.2, 0.25) is 17.7 Å². The number of aldehydes is 1. The smallest absolute Gasteiger partial charge is 0.249 e. The lowest BCUT2D eigenvalue weighted by Crippen LogP contribution is -2.55. The fourth-order valence-corrected chi connectivity index (χ4v) is 6.35. The van der Waals surface area contributed by atoms with Gasteiger partial charge in [0.25, 0.3) is 0 Å². The zero-order chi connectivity index (χ0) is 33.1. The lowest BCUT2D eigenvalue weighted by atomic mass is 10.0.